The summed E-state index contributed by atoms with van der Waals surface area (Å²) in [5, 5.41) is 0. The largest absolute Gasteiger partial charge is 0.383 e. The quantitative estimate of drug-likeness (QED) is 0.771. The predicted octanol–water partition coefficient (Wildman–Crippen LogP) is 1.47. The molecular weight excluding hydrogens is 200 g/mol. The Kier molecular flexibility index (Phi) is 4.22. The molecule has 3 unspecified atom stereocenters. The van der Waals surface area contributed by atoms with Crippen molar-refractivity contribution < 1.29 is 4.74 Å². The van der Waals surface area contributed by atoms with E-state index in [1.54, 1.807) is 0 Å². The van der Waals surface area contributed by atoms with Crippen molar-refractivity contribution in [3.8, 4) is 0 Å². The summed E-state index contributed by atoms with van der Waals surface area (Å²) in [5.41, 5.74) is 5.93. The van der Waals surface area contributed by atoms with Crippen molar-refractivity contribution in [2.24, 2.45) is 17.6 Å². The number of rotatable bonds is 5. The van der Waals surface area contributed by atoms with Gasteiger partial charge in [0.2, 0.25) is 0 Å². The summed E-state index contributed by atoms with van der Waals surface area (Å²) in [6, 6.07) is 1.22. The van der Waals surface area contributed by atoms with Crippen molar-refractivity contribution in [2.75, 3.05) is 26.8 Å². The molecule has 2 fully saturated rings. The average Bonchev–Trinajstić information content (AvgIpc) is 3.10. The zero-order valence-electron chi connectivity index (χ0n) is 10.7. The van der Waals surface area contributed by atoms with Crippen LogP contribution < -0.4 is 5.73 Å². The molecule has 0 amide bonds. The lowest BCUT2D eigenvalue weighted by molar-refractivity contribution is 0.0204. The van der Waals surface area contributed by atoms with Gasteiger partial charge < -0.3 is 10.5 Å². The molecule has 0 aromatic rings. The van der Waals surface area contributed by atoms with E-state index in [-0.39, 0.29) is 0 Å². The highest BCUT2D eigenvalue weighted by Crippen LogP contribution is 2.38. The Morgan fingerprint density at radius 2 is 2.12 bits per heavy atom. The van der Waals surface area contributed by atoms with E-state index in [0.717, 1.165) is 25.0 Å². The molecule has 0 aromatic heterocycles. The SMILES string of the molecule is COCC(C1CC1)N1CCC(C)CC1CN. The standard InChI is InChI=1S/C13H26N2O/c1-10-5-6-15(12(7-10)8-14)13(9-16-2)11-3-4-11/h10-13H,3-9,14H2,1-2H3. The highest BCUT2D eigenvalue weighted by Gasteiger charge is 2.39. The lowest BCUT2D eigenvalue weighted by Crippen LogP contribution is -2.53. The molecule has 2 rings (SSSR count). The van der Waals surface area contributed by atoms with E-state index in [1.807, 2.05) is 7.11 Å². The highest BCUT2D eigenvalue weighted by atomic mass is 16.5. The van der Waals surface area contributed by atoms with Crippen LogP contribution in [0.25, 0.3) is 0 Å². The fourth-order valence-corrected chi connectivity index (χ4v) is 3.09. The van der Waals surface area contributed by atoms with Gasteiger partial charge in [-0.3, -0.25) is 4.90 Å². The van der Waals surface area contributed by atoms with E-state index in [9.17, 15) is 0 Å². The molecule has 0 bridgehead atoms. The monoisotopic (exact) mass is 226 g/mol. The summed E-state index contributed by atoms with van der Waals surface area (Å²) in [7, 11) is 1.82. The van der Waals surface area contributed by atoms with Crippen molar-refractivity contribution in [1.82, 2.24) is 4.90 Å². The summed E-state index contributed by atoms with van der Waals surface area (Å²) in [6.45, 7) is 5.25. The Balaban J connectivity index is 1.98. The molecule has 3 atom stereocenters. The maximum atomic E-state index is 5.93. The minimum Gasteiger partial charge on any atom is -0.383 e. The van der Waals surface area contributed by atoms with Gasteiger partial charge >= 0.3 is 0 Å². The number of hydrogen-bond acceptors (Lipinski definition) is 3. The van der Waals surface area contributed by atoms with Gasteiger partial charge in [-0.1, -0.05) is 6.92 Å². The highest BCUT2D eigenvalue weighted by molar-refractivity contribution is 4.93. The van der Waals surface area contributed by atoms with Gasteiger partial charge in [0, 0.05) is 25.7 Å². The molecule has 0 radical (unpaired) electrons. The van der Waals surface area contributed by atoms with Crippen LogP contribution in [0, 0.1) is 11.8 Å². The summed E-state index contributed by atoms with van der Waals surface area (Å²) < 4.78 is 5.40. The van der Waals surface area contributed by atoms with Crippen LogP contribution in [0.3, 0.4) is 0 Å². The third kappa shape index (κ3) is 2.76. The second-order valence-electron chi connectivity index (χ2n) is 5.62. The van der Waals surface area contributed by atoms with Gasteiger partial charge in [0.05, 0.1) is 6.61 Å². The van der Waals surface area contributed by atoms with Crippen molar-refractivity contribution >= 4 is 0 Å². The van der Waals surface area contributed by atoms with Crippen molar-refractivity contribution in [3.05, 3.63) is 0 Å². The second kappa shape index (κ2) is 5.48. The fourth-order valence-electron chi connectivity index (χ4n) is 3.09. The van der Waals surface area contributed by atoms with E-state index in [1.165, 1.54) is 32.2 Å². The van der Waals surface area contributed by atoms with Gasteiger partial charge in [0.15, 0.2) is 0 Å². The zero-order chi connectivity index (χ0) is 11.5. The van der Waals surface area contributed by atoms with E-state index >= 15 is 0 Å². The van der Waals surface area contributed by atoms with Gasteiger partial charge in [-0.15, -0.1) is 0 Å². The first-order chi connectivity index (χ1) is 7.76. The fraction of sp³-hybridized carbons (Fsp3) is 1.00. The topological polar surface area (TPSA) is 38.5 Å². The number of likely N-dealkylation sites (tertiary alicyclic amines) is 1. The first kappa shape index (κ1) is 12.3. The number of hydrogen-bond donors (Lipinski definition) is 1. The maximum absolute atomic E-state index is 5.93. The smallest absolute Gasteiger partial charge is 0.0620 e. The summed E-state index contributed by atoms with van der Waals surface area (Å²) in [4.78, 5) is 2.64. The molecule has 3 heteroatoms. The first-order valence-corrected chi connectivity index (χ1v) is 6.71. The van der Waals surface area contributed by atoms with Gasteiger partial charge in [0.1, 0.15) is 0 Å². The summed E-state index contributed by atoms with van der Waals surface area (Å²) >= 11 is 0. The minimum absolute atomic E-state index is 0.587. The second-order valence-corrected chi connectivity index (χ2v) is 5.62. The predicted molar refractivity (Wildman–Crippen MR) is 66.3 cm³/mol. The third-order valence-electron chi connectivity index (χ3n) is 4.23. The van der Waals surface area contributed by atoms with Crippen LogP contribution in [0.15, 0.2) is 0 Å². The van der Waals surface area contributed by atoms with E-state index in [0.29, 0.717) is 12.1 Å². The molecule has 2 aliphatic rings. The maximum Gasteiger partial charge on any atom is 0.0620 e. The molecule has 1 saturated carbocycles. The molecule has 1 aliphatic heterocycles. The molecule has 3 nitrogen and oxygen atoms in total. The number of nitrogens with two attached hydrogens (primary N) is 1. The average molecular weight is 226 g/mol. The number of methoxy groups -OCH3 is 1. The van der Waals surface area contributed by atoms with E-state index < -0.39 is 0 Å². The van der Waals surface area contributed by atoms with Gasteiger partial charge in [-0.2, -0.15) is 0 Å². The molecule has 1 aliphatic carbocycles. The van der Waals surface area contributed by atoms with Gasteiger partial charge in [0.25, 0.3) is 0 Å². The molecule has 2 N–H and O–H groups in total. The Morgan fingerprint density at radius 1 is 1.38 bits per heavy atom. The first-order valence-electron chi connectivity index (χ1n) is 6.71. The Hall–Kier alpha value is -0.120. The Morgan fingerprint density at radius 3 is 2.69 bits per heavy atom. The normalized spacial score (nSPS) is 33.9. The lowest BCUT2D eigenvalue weighted by atomic mass is 9.90. The van der Waals surface area contributed by atoms with Crippen LogP contribution >= 0.6 is 0 Å². The van der Waals surface area contributed by atoms with Crippen molar-refractivity contribution in [1.29, 1.82) is 0 Å². The third-order valence-corrected chi connectivity index (χ3v) is 4.23. The Labute approximate surface area is 99.3 Å². The van der Waals surface area contributed by atoms with Crippen LogP contribution in [-0.2, 0) is 4.74 Å². The summed E-state index contributed by atoms with van der Waals surface area (Å²) in [5.74, 6) is 1.72. The molecule has 1 heterocycles. The molecular formula is C13H26N2O. The molecule has 16 heavy (non-hydrogen) atoms. The number of ether oxygens (including phenoxy) is 1. The van der Waals surface area contributed by atoms with Crippen LogP contribution in [0.1, 0.15) is 32.6 Å². The summed E-state index contributed by atoms with van der Waals surface area (Å²) in [6.07, 6.45) is 5.36. The van der Waals surface area contributed by atoms with Crippen LogP contribution in [-0.4, -0.2) is 43.8 Å². The van der Waals surface area contributed by atoms with Gasteiger partial charge in [-0.25, -0.2) is 0 Å². The molecule has 1 saturated heterocycles. The van der Waals surface area contributed by atoms with Crippen LogP contribution in [0.5, 0.6) is 0 Å². The van der Waals surface area contributed by atoms with Crippen LogP contribution in [0.2, 0.25) is 0 Å². The number of piperidine rings is 1. The number of nitrogens with zero attached hydrogens (tertiary/aromatic N) is 1. The molecule has 0 aromatic carbocycles. The molecule has 94 valence electrons. The van der Waals surface area contributed by atoms with Crippen LogP contribution in [0.4, 0.5) is 0 Å². The zero-order valence-corrected chi connectivity index (χ0v) is 10.7. The van der Waals surface area contributed by atoms with Crippen molar-refractivity contribution in [3.63, 3.8) is 0 Å². The minimum atomic E-state index is 0.587. The van der Waals surface area contributed by atoms with Gasteiger partial charge in [-0.05, 0) is 44.1 Å². The molecule has 0 spiro atoms. The lowest BCUT2D eigenvalue weighted by Gasteiger charge is -2.43. The Bertz CT molecular complexity index is 218. The van der Waals surface area contributed by atoms with E-state index in [4.69, 9.17) is 10.5 Å². The van der Waals surface area contributed by atoms with E-state index in [2.05, 4.69) is 11.8 Å². The van der Waals surface area contributed by atoms with Crippen molar-refractivity contribution in [2.45, 2.75) is 44.7 Å².